The Labute approximate surface area is 156 Å². The van der Waals surface area contributed by atoms with Crippen molar-refractivity contribution in [3.05, 3.63) is 28.6 Å². The molecule has 0 bridgehead atoms. The quantitative estimate of drug-likeness (QED) is 0.569. The Morgan fingerprint density at radius 1 is 1.41 bits per heavy atom. The van der Waals surface area contributed by atoms with Crippen molar-refractivity contribution in [2.75, 3.05) is 18.0 Å². The van der Waals surface area contributed by atoms with E-state index in [-0.39, 0.29) is 18.2 Å². The molecule has 1 unspecified atom stereocenters. The van der Waals surface area contributed by atoms with Crippen LogP contribution in [0.4, 0.5) is 21.0 Å². The van der Waals surface area contributed by atoms with Crippen molar-refractivity contribution in [2.24, 2.45) is 5.92 Å². The van der Waals surface area contributed by atoms with Gasteiger partial charge in [-0.1, -0.05) is 6.92 Å². The SMILES string of the molecule is C[C@@H]1CN(c2ccncc2[N+](=O)[O-])CC2[C@H]1OC(=O)N2C(=O)OC(C)(C)C. The van der Waals surface area contributed by atoms with Gasteiger partial charge in [0.25, 0.3) is 0 Å². The number of nitrogens with zero attached hydrogens (tertiary/aromatic N) is 4. The average Bonchev–Trinajstić information content (AvgIpc) is 2.90. The zero-order valence-electron chi connectivity index (χ0n) is 15.6. The number of carbonyl (C=O) groups is 2. The zero-order chi connectivity index (χ0) is 19.9. The first kappa shape index (κ1) is 18.9. The topological polar surface area (TPSA) is 115 Å². The van der Waals surface area contributed by atoms with Crippen LogP contribution in [0.1, 0.15) is 27.7 Å². The molecule has 1 aromatic rings. The molecule has 2 aliphatic rings. The number of hydrogen-bond donors (Lipinski definition) is 0. The molecule has 0 N–H and O–H groups in total. The van der Waals surface area contributed by atoms with Crippen molar-refractivity contribution >= 4 is 23.6 Å². The fourth-order valence-corrected chi connectivity index (χ4v) is 3.47. The van der Waals surface area contributed by atoms with Gasteiger partial charge in [0.1, 0.15) is 29.6 Å². The van der Waals surface area contributed by atoms with Crippen LogP contribution in [0.5, 0.6) is 0 Å². The molecule has 10 heteroatoms. The summed E-state index contributed by atoms with van der Waals surface area (Å²) in [6.45, 7) is 7.66. The van der Waals surface area contributed by atoms with E-state index in [1.54, 1.807) is 31.7 Å². The summed E-state index contributed by atoms with van der Waals surface area (Å²) < 4.78 is 10.7. The van der Waals surface area contributed by atoms with Crippen molar-refractivity contribution in [3.63, 3.8) is 0 Å². The summed E-state index contributed by atoms with van der Waals surface area (Å²) in [6, 6.07) is 0.963. The number of pyridine rings is 1. The van der Waals surface area contributed by atoms with E-state index < -0.39 is 34.9 Å². The first-order valence-corrected chi connectivity index (χ1v) is 8.64. The molecule has 3 rings (SSSR count). The molecule has 2 amide bonds. The third kappa shape index (κ3) is 3.64. The lowest BCUT2D eigenvalue weighted by atomic mass is 9.92. The first-order valence-electron chi connectivity index (χ1n) is 8.64. The van der Waals surface area contributed by atoms with Crippen LogP contribution in [0.2, 0.25) is 0 Å². The van der Waals surface area contributed by atoms with Crippen molar-refractivity contribution in [2.45, 2.75) is 45.4 Å². The average molecular weight is 378 g/mol. The molecule has 0 aliphatic carbocycles. The van der Waals surface area contributed by atoms with Crippen molar-refractivity contribution in [1.29, 1.82) is 0 Å². The number of imide groups is 1. The lowest BCUT2D eigenvalue weighted by molar-refractivity contribution is -0.384. The standard InChI is InChI=1S/C17H22N4O6/c1-10-8-19(11-5-6-18-7-12(11)21(24)25)9-13-14(10)26-15(22)20(13)16(23)27-17(2,3)4/h5-7,10,13-14H,8-9H2,1-4H3/t10-,13?,14+/m1/s1. The van der Waals surface area contributed by atoms with Crippen molar-refractivity contribution in [1.82, 2.24) is 9.88 Å². The predicted molar refractivity (Wildman–Crippen MR) is 94.4 cm³/mol. The van der Waals surface area contributed by atoms with Gasteiger partial charge in [0, 0.05) is 25.2 Å². The Morgan fingerprint density at radius 2 is 2.11 bits per heavy atom. The van der Waals surface area contributed by atoms with Gasteiger partial charge in [-0.05, 0) is 26.8 Å². The molecule has 27 heavy (non-hydrogen) atoms. The number of nitro groups is 1. The molecule has 0 saturated carbocycles. The van der Waals surface area contributed by atoms with E-state index >= 15 is 0 Å². The minimum atomic E-state index is -0.779. The van der Waals surface area contributed by atoms with Crippen LogP contribution in [0.15, 0.2) is 18.5 Å². The molecular weight excluding hydrogens is 356 g/mol. The maximum absolute atomic E-state index is 12.5. The summed E-state index contributed by atoms with van der Waals surface area (Å²) in [7, 11) is 0. The third-order valence-electron chi connectivity index (χ3n) is 4.53. The largest absolute Gasteiger partial charge is 0.443 e. The molecule has 3 heterocycles. The normalized spacial score (nSPS) is 25.0. The fraction of sp³-hybridized carbons (Fsp3) is 0.588. The van der Waals surface area contributed by atoms with Crippen LogP contribution in [-0.4, -0.2) is 57.8 Å². The number of rotatable bonds is 2. The number of hydrogen-bond acceptors (Lipinski definition) is 8. The minimum absolute atomic E-state index is 0.128. The van der Waals surface area contributed by atoms with Crippen LogP contribution in [-0.2, 0) is 9.47 Å². The molecule has 0 radical (unpaired) electrons. The van der Waals surface area contributed by atoms with E-state index in [2.05, 4.69) is 4.98 Å². The second-order valence-corrected chi connectivity index (χ2v) is 7.77. The predicted octanol–water partition coefficient (Wildman–Crippen LogP) is 2.57. The number of ether oxygens (including phenoxy) is 2. The maximum Gasteiger partial charge on any atom is 0.420 e. The lowest BCUT2D eigenvalue weighted by Crippen LogP contribution is -2.56. The van der Waals surface area contributed by atoms with Crippen LogP contribution >= 0.6 is 0 Å². The van der Waals surface area contributed by atoms with Gasteiger partial charge >= 0.3 is 17.9 Å². The monoisotopic (exact) mass is 378 g/mol. The summed E-state index contributed by atoms with van der Waals surface area (Å²) in [5.41, 5.74) is -0.500. The van der Waals surface area contributed by atoms with Gasteiger partial charge in [0.05, 0.1) is 4.92 Å². The Kier molecular flexibility index (Phi) is 4.66. The molecule has 3 atom stereocenters. The molecule has 10 nitrogen and oxygen atoms in total. The van der Waals surface area contributed by atoms with E-state index in [1.165, 1.54) is 12.4 Å². The van der Waals surface area contributed by atoms with Crippen LogP contribution in [0.25, 0.3) is 0 Å². The minimum Gasteiger partial charge on any atom is -0.443 e. The van der Waals surface area contributed by atoms with Gasteiger partial charge < -0.3 is 14.4 Å². The maximum atomic E-state index is 12.5. The van der Waals surface area contributed by atoms with Gasteiger partial charge in [-0.3, -0.25) is 15.1 Å². The highest BCUT2D eigenvalue weighted by molar-refractivity contribution is 5.90. The van der Waals surface area contributed by atoms with E-state index in [1.807, 2.05) is 6.92 Å². The Balaban J connectivity index is 1.89. The summed E-state index contributed by atoms with van der Waals surface area (Å²) in [6.07, 6.45) is 0.646. The number of piperidine rings is 1. The van der Waals surface area contributed by atoms with Crippen LogP contribution in [0.3, 0.4) is 0 Å². The molecule has 0 spiro atoms. The van der Waals surface area contributed by atoms with Crippen molar-refractivity contribution in [3.8, 4) is 0 Å². The summed E-state index contributed by atoms with van der Waals surface area (Å²) in [5.74, 6) is -0.132. The highest BCUT2D eigenvalue weighted by atomic mass is 16.6. The van der Waals surface area contributed by atoms with E-state index in [0.29, 0.717) is 12.2 Å². The molecule has 1 aromatic heterocycles. The van der Waals surface area contributed by atoms with Gasteiger partial charge in [-0.2, -0.15) is 0 Å². The van der Waals surface area contributed by atoms with E-state index in [9.17, 15) is 19.7 Å². The van der Waals surface area contributed by atoms with Gasteiger partial charge in [0.2, 0.25) is 0 Å². The molecule has 2 saturated heterocycles. The molecule has 146 valence electrons. The van der Waals surface area contributed by atoms with Crippen LogP contribution < -0.4 is 4.90 Å². The Bertz CT molecular complexity index is 777. The number of anilines is 1. The number of carbonyl (C=O) groups excluding carboxylic acids is 2. The van der Waals surface area contributed by atoms with Gasteiger partial charge in [0.15, 0.2) is 0 Å². The second-order valence-electron chi connectivity index (χ2n) is 7.77. The molecule has 2 fully saturated rings. The lowest BCUT2D eigenvalue weighted by Gasteiger charge is -2.39. The number of fused-ring (bicyclic) bond motifs is 1. The van der Waals surface area contributed by atoms with E-state index in [4.69, 9.17) is 9.47 Å². The third-order valence-corrected chi connectivity index (χ3v) is 4.53. The molecule has 2 aliphatic heterocycles. The summed E-state index contributed by atoms with van der Waals surface area (Å²) in [5, 5.41) is 11.3. The Morgan fingerprint density at radius 3 is 2.74 bits per heavy atom. The second kappa shape index (κ2) is 6.67. The zero-order valence-corrected chi connectivity index (χ0v) is 15.6. The van der Waals surface area contributed by atoms with Crippen molar-refractivity contribution < 1.29 is 24.0 Å². The van der Waals surface area contributed by atoms with Gasteiger partial charge in [-0.25, -0.2) is 14.5 Å². The highest BCUT2D eigenvalue weighted by Crippen LogP contribution is 2.36. The smallest absolute Gasteiger partial charge is 0.420 e. The first-order chi connectivity index (χ1) is 12.6. The summed E-state index contributed by atoms with van der Waals surface area (Å²) >= 11 is 0. The number of amides is 2. The highest BCUT2D eigenvalue weighted by Gasteiger charge is 2.52. The molecular formula is C17H22N4O6. The molecule has 0 aromatic carbocycles. The van der Waals surface area contributed by atoms with Crippen LogP contribution in [0, 0.1) is 16.0 Å². The number of aromatic nitrogens is 1. The summed E-state index contributed by atoms with van der Waals surface area (Å²) in [4.78, 5) is 42.2. The Hall–Kier alpha value is -2.91. The van der Waals surface area contributed by atoms with E-state index in [0.717, 1.165) is 4.90 Å². The van der Waals surface area contributed by atoms with Gasteiger partial charge in [-0.15, -0.1) is 0 Å². The fourth-order valence-electron chi connectivity index (χ4n) is 3.47.